The molecule has 0 bridgehead atoms. The zero-order valence-electron chi connectivity index (χ0n) is 11.8. The van der Waals surface area contributed by atoms with Gasteiger partial charge in [-0.1, -0.05) is 6.92 Å². The minimum absolute atomic E-state index is 0.0150. The fourth-order valence-electron chi connectivity index (χ4n) is 2.01. The van der Waals surface area contributed by atoms with E-state index in [2.05, 4.69) is 10.6 Å². The molecule has 1 aromatic rings. The Labute approximate surface area is 122 Å². The molecule has 6 heteroatoms. The molecule has 2 amide bonds. The van der Waals surface area contributed by atoms with Crippen LogP contribution in [0.15, 0.2) is 24.3 Å². The summed E-state index contributed by atoms with van der Waals surface area (Å²) < 4.78 is 0. The number of carbonyl (C=O) groups excluding carboxylic acids is 2. The normalized spacial score (nSPS) is 19.7. The Morgan fingerprint density at radius 3 is 2.38 bits per heavy atom. The van der Waals surface area contributed by atoms with Crippen LogP contribution < -0.4 is 10.6 Å². The topological polar surface area (TPSA) is 95.5 Å². The lowest BCUT2D eigenvalue weighted by molar-refractivity contribution is -0.136. The summed E-state index contributed by atoms with van der Waals surface area (Å²) in [6.07, 6.45) is 0.815. The number of aliphatic carboxylic acids is 1. The van der Waals surface area contributed by atoms with Gasteiger partial charge in [-0.05, 0) is 36.6 Å². The van der Waals surface area contributed by atoms with E-state index >= 15 is 0 Å². The van der Waals surface area contributed by atoms with Gasteiger partial charge in [0, 0.05) is 23.7 Å². The number of carbonyl (C=O) groups is 3. The van der Waals surface area contributed by atoms with Gasteiger partial charge >= 0.3 is 5.97 Å². The number of amides is 2. The molecule has 2 atom stereocenters. The fraction of sp³-hybridized carbons (Fsp3) is 0.400. The molecular weight excluding hydrogens is 272 g/mol. The third kappa shape index (κ3) is 4.30. The first-order valence-corrected chi connectivity index (χ1v) is 6.88. The van der Waals surface area contributed by atoms with Crippen molar-refractivity contribution in [3.05, 3.63) is 29.8 Å². The standard InChI is InChI=1S/C15H18N2O4/c1-9-8-12(9)15(21)17-11-4-2-10(3-5-11)14(20)16-7-6-13(18)19/h2-5,9,12H,6-8H2,1H3,(H,16,20)(H,17,21)(H,18,19). The maximum absolute atomic E-state index is 11.8. The van der Waals surface area contributed by atoms with Crippen molar-refractivity contribution in [1.29, 1.82) is 0 Å². The Balaban J connectivity index is 1.84. The van der Waals surface area contributed by atoms with Crippen LogP contribution in [0, 0.1) is 11.8 Å². The van der Waals surface area contributed by atoms with E-state index in [0.717, 1.165) is 6.42 Å². The summed E-state index contributed by atoms with van der Waals surface area (Å²) in [4.78, 5) is 33.8. The summed E-state index contributed by atoms with van der Waals surface area (Å²) in [5, 5.41) is 13.8. The zero-order valence-corrected chi connectivity index (χ0v) is 11.8. The minimum Gasteiger partial charge on any atom is -0.481 e. The Bertz CT molecular complexity index is 553. The van der Waals surface area contributed by atoms with Crippen molar-refractivity contribution >= 4 is 23.5 Å². The molecule has 112 valence electrons. The maximum Gasteiger partial charge on any atom is 0.305 e. The highest BCUT2D eigenvalue weighted by molar-refractivity contribution is 5.97. The third-order valence-electron chi connectivity index (χ3n) is 3.49. The summed E-state index contributed by atoms with van der Waals surface area (Å²) in [6, 6.07) is 6.53. The van der Waals surface area contributed by atoms with Gasteiger partial charge in [0.25, 0.3) is 5.91 Å². The van der Waals surface area contributed by atoms with Crippen LogP contribution in [0.5, 0.6) is 0 Å². The van der Waals surface area contributed by atoms with Gasteiger partial charge in [0.15, 0.2) is 0 Å². The van der Waals surface area contributed by atoms with Crippen molar-refractivity contribution in [3.8, 4) is 0 Å². The van der Waals surface area contributed by atoms with Crippen molar-refractivity contribution in [3.63, 3.8) is 0 Å². The largest absolute Gasteiger partial charge is 0.481 e. The average molecular weight is 290 g/mol. The molecule has 21 heavy (non-hydrogen) atoms. The van der Waals surface area contributed by atoms with Crippen molar-refractivity contribution in [1.82, 2.24) is 5.32 Å². The van der Waals surface area contributed by atoms with E-state index in [1.807, 2.05) is 6.92 Å². The van der Waals surface area contributed by atoms with Crippen molar-refractivity contribution < 1.29 is 19.5 Å². The van der Waals surface area contributed by atoms with Gasteiger partial charge in [-0.15, -0.1) is 0 Å². The summed E-state index contributed by atoms with van der Waals surface area (Å²) in [7, 11) is 0. The predicted octanol–water partition coefficient (Wildman–Crippen LogP) is 1.49. The van der Waals surface area contributed by atoms with Gasteiger partial charge in [-0.3, -0.25) is 14.4 Å². The number of carboxylic acid groups (broad SMARTS) is 1. The quantitative estimate of drug-likeness (QED) is 0.739. The third-order valence-corrected chi connectivity index (χ3v) is 3.49. The molecule has 0 saturated heterocycles. The van der Waals surface area contributed by atoms with Crippen LogP contribution in [-0.2, 0) is 9.59 Å². The number of hydrogen-bond acceptors (Lipinski definition) is 3. The maximum atomic E-state index is 11.8. The molecule has 2 rings (SSSR count). The second kappa shape index (κ2) is 6.39. The number of benzene rings is 1. The Morgan fingerprint density at radius 2 is 1.86 bits per heavy atom. The molecule has 6 nitrogen and oxygen atoms in total. The van der Waals surface area contributed by atoms with Crippen LogP contribution in [-0.4, -0.2) is 29.4 Å². The lowest BCUT2D eigenvalue weighted by Crippen LogP contribution is -2.26. The Morgan fingerprint density at radius 1 is 1.24 bits per heavy atom. The summed E-state index contributed by atoms with van der Waals surface area (Å²) >= 11 is 0. The molecule has 0 radical (unpaired) electrons. The zero-order chi connectivity index (χ0) is 15.4. The molecule has 0 aromatic heterocycles. The van der Waals surface area contributed by atoms with Crippen LogP contribution >= 0.6 is 0 Å². The summed E-state index contributed by atoms with van der Waals surface area (Å²) in [5.41, 5.74) is 1.08. The molecular formula is C15H18N2O4. The van der Waals surface area contributed by atoms with Gasteiger partial charge in [-0.25, -0.2) is 0 Å². The molecule has 1 fully saturated rings. The average Bonchev–Trinajstić information content (AvgIpc) is 3.16. The molecule has 2 unspecified atom stereocenters. The van der Waals surface area contributed by atoms with Crippen molar-refractivity contribution in [2.45, 2.75) is 19.8 Å². The van der Waals surface area contributed by atoms with Gasteiger partial charge in [0.2, 0.25) is 5.91 Å². The molecule has 3 N–H and O–H groups in total. The van der Waals surface area contributed by atoms with Crippen LogP contribution in [0.4, 0.5) is 5.69 Å². The van der Waals surface area contributed by atoms with Crippen molar-refractivity contribution in [2.24, 2.45) is 11.8 Å². The van der Waals surface area contributed by atoms with Crippen LogP contribution in [0.2, 0.25) is 0 Å². The highest BCUT2D eigenvalue weighted by Gasteiger charge is 2.38. The summed E-state index contributed by atoms with van der Waals surface area (Å²) in [6.45, 7) is 2.13. The van der Waals surface area contributed by atoms with E-state index in [0.29, 0.717) is 17.2 Å². The van der Waals surface area contributed by atoms with E-state index in [1.54, 1.807) is 24.3 Å². The number of rotatable bonds is 6. The highest BCUT2D eigenvalue weighted by Crippen LogP contribution is 2.38. The monoisotopic (exact) mass is 290 g/mol. The molecule has 0 aliphatic heterocycles. The van der Waals surface area contributed by atoms with Crippen LogP contribution in [0.1, 0.15) is 30.1 Å². The molecule has 1 aliphatic rings. The van der Waals surface area contributed by atoms with Crippen LogP contribution in [0.25, 0.3) is 0 Å². The molecule has 1 saturated carbocycles. The summed E-state index contributed by atoms with van der Waals surface area (Å²) in [5.74, 6) is -0.720. The van der Waals surface area contributed by atoms with E-state index in [1.165, 1.54) is 0 Å². The minimum atomic E-state index is -0.956. The highest BCUT2D eigenvalue weighted by atomic mass is 16.4. The Hall–Kier alpha value is -2.37. The Kier molecular flexibility index (Phi) is 4.57. The number of anilines is 1. The second-order valence-corrected chi connectivity index (χ2v) is 5.29. The van der Waals surface area contributed by atoms with Gasteiger partial charge in [0.05, 0.1) is 6.42 Å². The number of carboxylic acids is 1. The molecule has 1 aromatic carbocycles. The fourth-order valence-corrected chi connectivity index (χ4v) is 2.01. The van der Waals surface area contributed by atoms with Gasteiger partial charge in [-0.2, -0.15) is 0 Å². The predicted molar refractivity (Wildman–Crippen MR) is 76.9 cm³/mol. The van der Waals surface area contributed by atoms with E-state index in [-0.39, 0.29) is 30.7 Å². The smallest absolute Gasteiger partial charge is 0.305 e. The molecule has 1 aliphatic carbocycles. The van der Waals surface area contributed by atoms with E-state index < -0.39 is 5.97 Å². The van der Waals surface area contributed by atoms with Gasteiger partial charge < -0.3 is 15.7 Å². The number of nitrogens with one attached hydrogen (secondary N) is 2. The SMILES string of the molecule is CC1CC1C(=O)Nc1ccc(C(=O)NCCC(=O)O)cc1. The van der Waals surface area contributed by atoms with E-state index in [9.17, 15) is 14.4 Å². The molecule has 0 heterocycles. The lowest BCUT2D eigenvalue weighted by Gasteiger charge is -2.07. The number of hydrogen-bond donors (Lipinski definition) is 3. The van der Waals surface area contributed by atoms with E-state index in [4.69, 9.17) is 5.11 Å². The second-order valence-electron chi connectivity index (χ2n) is 5.29. The lowest BCUT2D eigenvalue weighted by atomic mass is 10.2. The van der Waals surface area contributed by atoms with Gasteiger partial charge in [0.1, 0.15) is 0 Å². The first-order chi connectivity index (χ1) is 9.97. The first kappa shape index (κ1) is 15.0. The van der Waals surface area contributed by atoms with Crippen molar-refractivity contribution in [2.75, 3.05) is 11.9 Å². The first-order valence-electron chi connectivity index (χ1n) is 6.88. The van der Waals surface area contributed by atoms with Crippen LogP contribution in [0.3, 0.4) is 0 Å². The molecule has 0 spiro atoms.